The van der Waals surface area contributed by atoms with Crippen LogP contribution in [0, 0.1) is 0 Å². The van der Waals surface area contributed by atoms with Crippen LogP contribution >= 0.6 is 11.6 Å². The summed E-state index contributed by atoms with van der Waals surface area (Å²) in [6.45, 7) is 2.41. The van der Waals surface area contributed by atoms with Crippen LogP contribution in [0.4, 0.5) is 0 Å². The van der Waals surface area contributed by atoms with Gasteiger partial charge in [0.1, 0.15) is 11.5 Å². The maximum absolute atomic E-state index is 6.13. The Morgan fingerprint density at radius 1 is 0.852 bits per heavy atom. The first-order chi connectivity index (χ1) is 13.2. The second kappa shape index (κ2) is 7.64. The highest BCUT2D eigenvalue weighted by molar-refractivity contribution is 6.30. The van der Waals surface area contributed by atoms with Crippen LogP contribution in [0.25, 0.3) is 22.2 Å². The van der Waals surface area contributed by atoms with Crippen molar-refractivity contribution in [3.63, 3.8) is 0 Å². The quantitative estimate of drug-likeness (QED) is 0.419. The maximum Gasteiger partial charge on any atom is 0.317 e. The monoisotopic (exact) mass is 376 g/mol. The lowest BCUT2D eigenvalue weighted by Crippen LogP contribution is -2.00. The molecule has 27 heavy (non-hydrogen) atoms. The minimum Gasteiger partial charge on any atom is -0.464 e. The topological polar surface area (TPSA) is 44.2 Å². The Morgan fingerprint density at radius 3 is 2.37 bits per heavy atom. The van der Waals surface area contributed by atoms with Crippen LogP contribution in [0.3, 0.4) is 0 Å². The van der Waals surface area contributed by atoms with Crippen molar-refractivity contribution in [3.8, 4) is 28.8 Å². The van der Waals surface area contributed by atoms with E-state index in [0.29, 0.717) is 29.1 Å². The molecule has 0 radical (unpaired) electrons. The van der Waals surface area contributed by atoms with E-state index in [0.717, 1.165) is 22.2 Å². The molecule has 0 N–H and O–H groups in total. The number of hydrogen-bond donors (Lipinski definition) is 0. The molecule has 0 atom stereocenters. The molecule has 0 aliphatic heterocycles. The summed E-state index contributed by atoms with van der Waals surface area (Å²) in [5.41, 5.74) is 2.50. The van der Waals surface area contributed by atoms with E-state index in [1.807, 2.05) is 67.6 Å². The standard InChI is InChI=1S/C22H17ClN2O2/c1-2-26-22-24-18-9-6-10-19(27-17-13-11-16(23)12-14-17)20(18)21(25-22)15-7-4-3-5-8-15/h3-14H,2H2,1H3. The van der Waals surface area contributed by atoms with E-state index >= 15 is 0 Å². The van der Waals surface area contributed by atoms with Gasteiger partial charge in [0.15, 0.2) is 0 Å². The van der Waals surface area contributed by atoms with Gasteiger partial charge >= 0.3 is 6.01 Å². The molecule has 4 aromatic rings. The van der Waals surface area contributed by atoms with E-state index in [1.165, 1.54) is 0 Å². The number of fused-ring (bicyclic) bond motifs is 1. The Balaban J connectivity index is 1.90. The predicted molar refractivity (Wildman–Crippen MR) is 108 cm³/mol. The van der Waals surface area contributed by atoms with Gasteiger partial charge in [-0.1, -0.05) is 48.0 Å². The fourth-order valence-electron chi connectivity index (χ4n) is 2.84. The molecule has 134 valence electrons. The van der Waals surface area contributed by atoms with Crippen LogP contribution in [0.2, 0.25) is 5.02 Å². The van der Waals surface area contributed by atoms with Crippen molar-refractivity contribution in [1.29, 1.82) is 0 Å². The van der Waals surface area contributed by atoms with Gasteiger partial charge in [-0.15, -0.1) is 0 Å². The smallest absolute Gasteiger partial charge is 0.317 e. The van der Waals surface area contributed by atoms with Crippen molar-refractivity contribution in [2.75, 3.05) is 6.61 Å². The third-order valence-corrected chi connectivity index (χ3v) is 4.28. The summed E-state index contributed by atoms with van der Waals surface area (Å²) in [4.78, 5) is 9.18. The summed E-state index contributed by atoms with van der Waals surface area (Å²) in [6, 6.07) is 23.3. The van der Waals surface area contributed by atoms with Gasteiger partial charge in [-0.2, -0.15) is 9.97 Å². The normalized spacial score (nSPS) is 10.7. The minimum atomic E-state index is 0.354. The molecule has 1 heterocycles. The van der Waals surface area contributed by atoms with Crippen molar-refractivity contribution >= 4 is 22.5 Å². The first kappa shape index (κ1) is 17.3. The first-order valence-electron chi connectivity index (χ1n) is 8.67. The summed E-state index contributed by atoms with van der Waals surface area (Å²) < 4.78 is 11.7. The molecule has 0 bridgehead atoms. The van der Waals surface area contributed by atoms with Gasteiger partial charge in [-0.3, -0.25) is 0 Å². The number of benzene rings is 3. The third-order valence-electron chi connectivity index (χ3n) is 4.03. The molecule has 4 rings (SSSR count). The van der Waals surface area contributed by atoms with Crippen molar-refractivity contribution in [3.05, 3.63) is 77.8 Å². The molecule has 5 heteroatoms. The zero-order valence-corrected chi connectivity index (χ0v) is 15.5. The summed E-state index contributed by atoms with van der Waals surface area (Å²) in [7, 11) is 0. The molecule has 1 aromatic heterocycles. The lowest BCUT2D eigenvalue weighted by atomic mass is 10.1. The summed E-state index contributed by atoms with van der Waals surface area (Å²) in [6.07, 6.45) is 0. The van der Waals surface area contributed by atoms with E-state index in [9.17, 15) is 0 Å². The van der Waals surface area contributed by atoms with Crippen molar-refractivity contribution in [2.24, 2.45) is 0 Å². The minimum absolute atomic E-state index is 0.354. The molecule has 0 aliphatic carbocycles. The number of hydrogen-bond acceptors (Lipinski definition) is 4. The predicted octanol–water partition coefficient (Wildman–Crippen LogP) is 6.14. The van der Waals surface area contributed by atoms with E-state index in [2.05, 4.69) is 9.97 Å². The lowest BCUT2D eigenvalue weighted by molar-refractivity contribution is 0.314. The Morgan fingerprint density at radius 2 is 1.63 bits per heavy atom. The van der Waals surface area contributed by atoms with Gasteiger partial charge < -0.3 is 9.47 Å². The average molecular weight is 377 g/mol. The van der Waals surface area contributed by atoms with E-state index < -0.39 is 0 Å². The van der Waals surface area contributed by atoms with Crippen LogP contribution in [-0.4, -0.2) is 16.6 Å². The maximum atomic E-state index is 6.13. The molecule has 0 aliphatic rings. The lowest BCUT2D eigenvalue weighted by Gasteiger charge is -2.13. The second-order valence-corrected chi connectivity index (χ2v) is 6.30. The molecular formula is C22H17ClN2O2. The first-order valence-corrected chi connectivity index (χ1v) is 9.05. The summed E-state index contributed by atoms with van der Waals surface area (Å²) in [5, 5.41) is 1.50. The fraction of sp³-hybridized carbons (Fsp3) is 0.0909. The van der Waals surface area contributed by atoms with E-state index in [-0.39, 0.29) is 0 Å². The molecular weight excluding hydrogens is 360 g/mol. The fourth-order valence-corrected chi connectivity index (χ4v) is 2.97. The van der Waals surface area contributed by atoms with Gasteiger partial charge in [0.05, 0.1) is 23.2 Å². The van der Waals surface area contributed by atoms with Crippen LogP contribution in [0.1, 0.15) is 6.92 Å². The molecule has 4 nitrogen and oxygen atoms in total. The Hall–Kier alpha value is -3.11. The highest BCUT2D eigenvalue weighted by Gasteiger charge is 2.15. The molecule has 3 aromatic carbocycles. The highest BCUT2D eigenvalue weighted by Crippen LogP contribution is 2.36. The molecule has 0 saturated carbocycles. The van der Waals surface area contributed by atoms with Crippen LogP contribution in [0.15, 0.2) is 72.8 Å². The molecule has 0 amide bonds. The summed E-state index contributed by atoms with van der Waals surface area (Å²) in [5.74, 6) is 1.37. The SMILES string of the molecule is CCOc1nc(-c2ccccc2)c2c(Oc3ccc(Cl)cc3)cccc2n1. The summed E-state index contributed by atoms with van der Waals surface area (Å²) >= 11 is 5.97. The molecule has 0 spiro atoms. The molecule has 0 unspecified atom stereocenters. The number of halogens is 1. The van der Waals surface area contributed by atoms with Gasteiger partial charge in [0.2, 0.25) is 0 Å². The van der Waals surface area contributed by atoms with E-state index in [4.69, 9.17) is 21.1 Å². The zero-order chi connectivity index (χ0) is 18.6. The van der Waals surface area contributed by atoms with Gasteiger partial charge in [-0.25, -0.2) is 0 Å². The van der Waals surface area contributed by atoms with Crippen LogP contribution in [0.5, 0.6) is 17.5 Å². The van der Waals surface area contributed by atoms with Crippen LogP contribution < -0.4 is 9.47 Å². The van der Waals surface area contributed by atoms with Crippen LogP contribution in [-0.2, 0) is 0 Å². The van der Waals surface area contributed by atoms with Gasteiger partial charge in [-0.05, 0) is 43.3 Å². The molecule has 0 saturated heterocycles. The number of nitrogens with zero attached hydrogens (tertiary/aromatic N) is 2. The number of ether oxygens (including phenoxy) is 2. The number of aromatic nitrogens is 2. The van der Waals surface area contributed by atoms with E-state index in [1.54, 1.807) is 12.1 Å². The van der Waals surface area contributed by atoms with Crippen molar-refractivity contribution < 1.29 is 9.47 Å². The molecule has 0 fully saturated rings. The number of rotatable bonds is 5. The third kappa shape index (κ3) is 3.71. The van der Waals surface area contributed by atoms with Crippen molar-refractivity contribution in [2.45, 2.75) is 6.92 Å². The highest BCUT2D eigenvalue weighted by atomic mass is 35.5. The second-order valence-electron chi connectivity index (χ2n) is 5.86. The van der Waals surface area contributed by atoms with Gasteiger partial charge in [0.25, 0.3) is 0 Å². The Labute approximate surface area is 162 Å². The average Bonchev–Trinajstić information content (AvgIpc) is 2.70. The Kier molecular flexibility index (Phi) is 4.90. The van der Waals surface area contributed by atoms with Crippen molar-refractivity contribution in [1.82, 2.24) is 9.97 Å². The zero-order valence-electron chi connectivity index (χ0n) is 14.7. The largest absolute Gasteiger partial charge is 0.464 e. The van der Waals surface area contributed by atoms with Gasteiger partial charge in [0, 0.05) is 10.6 Å². The Bertz CT molecular complexity index is 1070.